The maximum Gasteiger partial charge on any atom is 0.417 e. The molecule has 0 radical (unpaired) electrons. The van der Waals surface area contributed by atoms with E-state index in [9.17, 15) is 31.1 Å². The van der Waals surface area contributed by atoms with Gasteiger partial charge in [0.15, 0.2) is 5.82 Å². The van der Waals surface area contributed by atoms with Crippen molar-refractivity contribution in [1.29, 1.82) is 0 Å². The number of carbonyl (C=O) groups excluding carboxylic acids is 1. The van der Waals surface area contributed by atoms with Crippen LogP contribution in [-0.2, 0) is 17.4 Å². The number of amides is 1. The fourth-order valence-electron chi connectivity index (χ4n) is 2.70. The Hall–Kier alpha value is -2.26. The van der Waals surface area contributed by atoms with Crippen molar-refractivity contribution in [2.75, 3.05) is 5.32 Å². The smallest absolute Gasteiger partial charge is 0.309 e. The van der Waals surface area contributed by atoms with E-state index in [1.807, 2.05) is 13.8 Å². The lowest BCUT2D eigenvalue weighted by Crippen LogP contribution is -2.36. The van der Waals surface area contributed by atoms with E-state index >= 15 is 0 Å². The molecule has 0 aliphatic carbocycles. The van der Waals surface area contributed by atoms with Crippen LogP contribution in [0.1, 0.15) is 51.8 Å². The van der Waals surface area contributed by atoms with E-state index in [0.29, 0.717) is 18.5 Å². The Kier molecular flexibility index (Phi) is 6.25. The van der Waals surface area contributed by atoms with Gasteiger partial charge in [0.05, 0.1) is 16.7 Å². The molecule has 0 fully saturated rings. The summed E-state index contributed by atoms with van der Waals surface area (Å²) in [5.74, 6) is -0.704. The summed E-state index contributed by atoms with van der Waals surface area (Å²) in [7, 11) is 0. The van der Waals surface area contributed by atoms with Crippen molar-refractivity contribution in [3.8, 4) is 0 Å². The minimum Gasteiger partial charge on any atom is -0.309 e. The molecule has 2 aromatic rings. The number of pyridine rings is 1. The van der Waals surface area contributed by atoms with Crippen molar-refractivity contribution in [3.05, 3.63) is 29.6 Å². The van der Waals surface area contributed by atoms with Crippen LogP contribution in [0.4, 0.5) is 32.2 Å². The van der Waals surface area contributed by atoms with Gasteiger partial charge >= 0.3 is 12.4 Å². The number of imidazole rings is 1. The van der Waals surface area contributed by atoms with E-state index < -0.39 is 35.7 Å². The summed E-state index contributed by atoms with van der Waals surface area (Å²) in [6.07, 6.45) is -8.19. The fraction of sp³-hybridized carbons (Fsp3) is 0.579. The van der Waals surface area contributed by atoms with E-state index in [2.05, 4.69) is 10.3 Å². The van der Waals surface area contributed by atoms with Gasteiger partial charge in [-0.3, -0.25) is 4.79 Å². The topological polar surface area (TPSA) is 46.4 Å². The van der Waals surface area contributed by atoms with Crippen molar-refractivity contribution >= 4 is 17.4 Å². The molecule has 1 N–H and O–H groups in total. The molecule has 0 unspecified atom stereocenters. The van der Waals surface area contributed by atoms with E-state index in [-0.39, 0.29) is 17.4 Å². The Morgan fingerprint density at radius 3 is 2.28 bits per heavy atom. The molecule has 10 heteroatoms. The van der Waals surface area contributed by atoms with Gasteiger partial charge in [-0.15, -0.1) is 0 Å². The summed E-state index contributed by atoms with van der Waals surface area (Å²) in [5.41, 5.74) is -2.65. The molecule has 0 saturated carbocycles. The number of carbonyl (C=O) groups is 1. The van der Waals surface area contributed by atoms with Gasteiger partial charge in [-0.05, 0) is 30.9 Å². The Balaban J connectivity index is 2.41. The second-order valence-corrected chi connectivity index (χ2v) is 8.09. The first kappa shape index (κ1) is 23.0. The van der Waals surface area contributed by atoms with Crippen molar-refractivity contribution in [1.82, 2.24) is 9.38 Å². The molecular formula is C19H23F6N3O. The zero-order valence-corrected chi connectivity index (χ0v) is 16.5. The predicted molar refractivity (Wildman–Crippen MR) is 96.4 cm³/mol. The Morgan fingerprint density at radius 1 is 1.14 bits per heavy atom. The number of nitrogens with one attached hydrogen (secondary N) is 1. The summed E-state index contributed by atoms with van der Waals surface area (Å²) >= 11 is 0. The first-order valence-corrected chi connectivity index (χ1v) is 9.06. The number of hydrogen-bond acceptors (Lipinski definition) is 2. The fourth-order valence-corrected chi connectivity index (χ4v) is 2.70. The molecular weight excluding hydrogens is 400 g/mol. The number of aromatic nitrogens is 2. The number of rotatable bonds is 6. The van der Waals surface area contributed by atoms with Crippen LogP contribution in [0.3, 0.4) is 0 Å². The van der Waals surface area contributed by atoms with Crippen LogP contribution in [0.2, 0.25) is 0 Å². The third-order valence-corrected chi connectivity index (χ3v) is 4.63. The van der Waals surface area contributed by atoms with Gasteiger partial charge in [0.25, 0.3) is 0 Å². The molecule has 0 saturated heterocycles. The Labute approximate surface area is 164 Å². The van der Waals surface area contributed by atoms with E-state index in [4.69, 9.17) is 0 Å². The quantitative estimate of drug-likeness (QED) is 0.592. The molecule has 2 aromatic heterocycles. The number of alkyl halides is 6. The SMILES string of the molecule is CC(C)CCc1c(NC(=O)CC(C)(C)C(F)(F)F)nc2ccc(C(F)(F)F)cn12. The molecule has 0 aliphatic rings. The minimum absolute atomic E-state index is 0.0204. The van der Waals surface area contributed by atoms with E-state index in [0.717, 1.165) is 32.2 Å². The molecule has 2 heterocycles. The van der Waals surface area contributed by atoms with Gasteiger partial charge in [0.1, 0.15) is 5.65 Å². The maximum absolute atomic E-state index is 13.1. The Morgan fingerprint density at radius 2 is 1.76 bits per heavy atom. The third-order valence-electron chi connectivity index (χ3n) is 4.63. The lowest BCUT2D eigenvalue weighted by atomic mass is 9.88. The van der Waals surface area contributed by atoms with Gasteiger partial charge < -0.3 is 9.72 Å². The van der Waals surface area contributed by atoms with Crippen LogP contribution >= 0.6 is 0 Å². The summed E-state index contributed by atoms with van der Waals surface area (Å²) < 4.78 is 79.5. The van der Waals surface area contributed by atoms with Crippen LogP contribution in [0.25, 0.3) is 5.65 Å². The van der Waals surface area contributed by atoms with Crippen LogP contribution in [0.15, 0.2) is 18.3 Å². The van der Waals surface area contributed by atoms with Gasteiger partial charge in [-0.1, -0.05) is 27.7 Å². The summed E-state index contributed by atoms with van der Waals surface area (Å²) in [6, 6.07) is 2.03. The number of fused-ring (bicyclic) bond motifs is 1. The molecule has 2 rings (SSSR count). The third kappa shape index (κ3) is 5.42. The molecule has 0 aliphatic heterocycles. The van der Waals surface area contributed by atoms with Crippen LogP contribution < -0.4 is 5.32 Å². The number of halogens is 6. The zero-order valence-electron chi connectivity index (χ0n) is 16.5. The first-order chi connectivity index (χ1) is 13.1. The number of hydrogen-bond donors (Lipinski definition) is 1. The lowest BCUT2D eigenvalue weighted by Gasteiger charge is -2.26. The zero-order chi connectivity index (χ0) is 22.2. The summed E-state index contributed by atoms with van der Waals surface area (Å²) in [5, 5.41) is 2.36. The number of anilines is 1. The maximum atomic E-state index is 13.1. The van der Waals surface area contributed by atoms with Gasteiger partial charge in [-0.25, -0.2) is 4.98 Å². The molecule has 0 spiro atoms. The average Bonchev–Trinajstić information content (AvgIpc) is 2.86. The standard InChI is InChI=1S/C19H23F6N3O/c1-11(2)5-7-13-16(27-15(29)9-17(3,4)19(23,24)25)26-14-8-6-12(10-28(13)14)18(20,21)22/h6,8,10-11H,5,7,9H2,1-4H3,(H,27,29). The van der Waals surface area contributed by atoms with Crippen LogP contribution in [0.5, 0.6) is 0 Å². The molecule has 0 bridgehead atoms. The van der Waals surface area contributed by atoms with Crippen molar-refractivity contribution in [3.63, 3.8) is 0 Å². The van der Waals surface area contributed by atoms with Crippen LogP contribution in [0, 0.1) is 11.3 Å². The van der Waals surface area contributed by atoms with E-state index in [1.54, 1.807) is 0 Å². The summed E-state index contributed by atoms with van der Waals surface area (Å²) in [4.78, 5) is 16.4. The highest BCUT2D eigenvalue weighted by Gasteiger charge is 2.48. The lowest BCUT2D eigenvalue weighted by molar-refractivity contribution is -0.213. The molecule has 4 nitrogen and oxygen atoms in total. The number of nitrogens with zero attached hydrogens (tertiary/aromatic N) is 2. The Bertz CT molecular complexity index is 880. The largest absolute Gasteiger partial charge is 0.417 e. The predicted octanol–water partition coefficient (Wildman–Crippen LogP) is 5.86. The highest BCUT2D eigenvalue weighted by Crippen LogP contribution is 2.40. The second-order valence-electron chi connectivity index (χ2n) is 8.09. The first-order valence-electron chi connectivity index (χ1n) is 9.06. The molecule has 0 atom stereocenters. The average molecular weight is 423 g/mol. The monoisotopic (exact) mass is 423 g/mol. The van der Waals surface area contributed by atoms with Gasteiger partial charge in [0.2, 0.25) is 5.91 Å². The molecule has 0 aromatic carbocycles. The second kappa shape index (κ2) is 7.87. The highest BCUT2D eigenvalue weighted by molar-refractivity contribution is 5.91. The molecule has 29 heavy (non-hydrogen) atoms. The summed E-state index contributed by atoms with van der Waals surface area (Å²) in [6.45, 7) is 5.67. The normalized spacial score (nSPS) is 13.3. The van der Waals surface area contributed by atoms with E-state index in [1.165, 1.54) is 4.40 Å². The molecule has 162 valence electrons. The van der Waals surface area contributed by atoms with Crippen molar-refractivity contribution in [2.24, 2.45) is 11.3 Å². The highest BCUT2D eigenvalue weighted by atomic mass is 19.4. The minimum atomic E-state index is -4.58. The van der Waals surface area contributed by atoms with Crippen LogP contribution in [-0.4, -0.2) is 21.5 Å². The van der Waals surface area contributed by atoms with Crippen molar-refractivity contribution in [2.45, 2.75) is 59.3 Å². The van der Waals surface area contributed by atoms with Gasteiger partial charge in [0, 0.05) is 12.6 Å². The van der Waals surface area contributed by atoms with Gasteiger partial charge in [-0.2, -0.15) is 26.3 Å². The molecule has 1 amide bonds. The van der Waals surface area contributed by atoms with Crippen molar-refractivity contribution < 1.29 is 31.1 Å². The number of aryl methyl sites for hydroxylation is 1.